The zero-order valence-corrected chi connectivity index (χ0v) is 13.0. The normalized spacial score (nSPS) is 13.4. The SMILES string of the molecule is CNC(CCCS(C)(=O)=O)CCc1ccccc1C. The minimum Gasteiger partial charge on any atom is -0.317 e. The molecule has 0 saturated carbocycles. The molecule has 1 atom stereocenters. The van der Waals surface area contributed by atoms with Crippen molar-refractivity contribution in [1.29, 1.82) is 0 Å². The molecule has 4 heteroatoms. The van der Waals surface area contributed by atoms with Crippen molar-refractivity contribution >= 4 is 9.84 Å². The molecule has 0 radical (unpaired) electrons. The van der Waals surface area contributed by atoms with Crippen LogP contribution < -0.4 is 5.32 Å². The highest BCUT2D eigenvalue weighted by Crippen LogP contribution is 2.13. The lowest BCUT2D eigenvalue weighted by Crippen LogP contribution is -2.26. The van der Waals surface area contributed by atoms with Crippen LogP contribution in [0.4, 0.5) is 0 Å². The van der Waals surface area contributed by atoms with Crippen LogP contribution in [0.5, 0.6) is 0 Å². The van der Waals surface area contributed by atoms with E-state index < -0.39 is 9.84 Å². The predicted octanol–water partition coefficient (Wildman–Crippen LogP) is 2.34. The van der Waals surface area contributed by atoms with Gasteiger partial charge in [-0.2, -0.15) is 0 Å². The summed E-state index contributed by atoms with van der Waals surface area (Å²) in [5, 5.41) is 3.28. The molecule has 0 aliphatic heterocycles. The fraction of sp³-hybridized carbons (Fsp3) is 0.600. The molecule has 1 aromatic rings. The van der Waals surface area contributed by atoms with Crippen LogP contribution in [0.15, 0.2) is 24.3 Å². The third kappa shape index (κ3) is 6.73. The maximum atomic E-state index is 11.1. The van der Waals surface area contributed by atoms with Gasteiger partial charge in [0.1, 0.15) is 9.84 Å². The molecule has 1 aromatic carbocycles. The lowest BCUT2D eigenvalue weighted by atomic mass is 9.99. The topological polar surface area (TPSA) is 46.2 Å². The average molecular weight is 283 g/mol. The first kappa shape index (κ1) is 16.2. The van der Waals surface area contributed by atoms with Gasteiger partial charge in [-0.1, -0.05) is 24.3 Å². The molecule has 0 aliphatic carbocycles. The molecule has 0 aliphatic rings. The van der Waals surface area contributed by atoms with Crippen LogP contribution >= 0.6 is 0 Å². The van der Waals surface area contributed by atoms with Crippen LogP contribution in [0, 0.1) is 6.92 Å². The molecule has 1 unspecified atom stereocenters. The Morgan fingerprint density at radius 3 is 2.47 bits per heavy atom. The maximum Gasteiger partial charge on any atom is 0.147 e. The van der Waals surface area contributed by atoms with Crippen LogP contribution in [-0.4, -0.2) is 33.5 Å². The molecule has 0 spiro atoms. The molecular weight excluding hydrogens is 258 g/mol. The molecule has 0 aromatic heterocycles. The summed E-state index contributed by atoms with van der Waals surface area (Å²) in [5.74, 6) is 0.287. The third-order valence-electron chi connectivity index (χ3n) is 3.50. The van der Waals surface area contributed by atoms with Gasteiger partial charge in [-0.05, 0) is 50.8 Å². The Bertz CT molecular complexity index is 483. The second kappa shape index (κ2) is 7.65. The Kier molecular flexibility index (Phi) is 6.52. The van der Waals surface area contributed by atoms with E-state index in [0.29, 0.717) is 6.04 Å². The number of nitrogens with one attached hydrogen (secondary N) is 1. The summed E-state index contributed by atoms with van der Waals surface area (Å²) < 4.78 is 22.2. The third-order valence-corrected chi connectivity index (χ3v) is 4.53. The van der Waals surface area contributed by atoms with E-state index in [1.54, 1.807) is 0 Å². The Morgan fingerprint density at radius 1 is 1.21 bits per heavy atom. The predicted molar refractivity (Wildman–Crippen MR) is 81.3 cm³/mol. The van der Waals surface area contributed by atoms with Gasteiger partial charge in [0.15, 0.2) is 0 Å². The number of rotatable bonds is 8. The Labute approximate surface area is 117 Å². The van der Waals surface area contributed by atoms with Gasteiger partial charge in [-0.25, -0.2) is 8.42 Å². The van der Waals surface area contributed by atoms with Crippen molar-refractivity contribution in [3.05, 3.63) is 35.4 Å². The summed E-state index contributed by atoms with van der Waals surface area (Å²) in [6, 6.07) is 8.81. The van der Waals surface area contributed by atoms with Gasteiger partial charge in [0, 0.05) is 18.1 Å². The maximum absolute atomic E-state index is 11.1. The molecule has 1 N–H and O–H groups in total. The van der Waals surface area contributed by atoms with Crippen molar-refractivity contribution in [2.24, 2.45) is 0 Å². The molecule has 108 valence electrons. The number of sulfone groups is 1. The molecular formula is C15H25NO2S. The number of hydrogen-bond donors (Lipinski definition) is 1. The smallest absolute Gasteiger partial charge is 0.147 e. The summed E-state index contributed by atoms with van der Waals surface area (Å²) in [5.41, 5.74) is 2.71. The molecule has 1 rings (SSSR count). The molecule has 0 saturated heterocycles. The zero-order chi connectivity index (χ0) is 14.3. The van der Waals surface area contributed by atoms with Gasteiger partial charge in [-0.3, -0.25) is 0 Å². The highest BCUT2D eigenvalue weighted by molar-refractivity contribution is 7.90. The van der Waals surface area contributed by atoms with Gasteiger partial charge >= 0.3 is 0 Å². The number of benzene rings is 1. The van der Waals surface area contributed by atoms with Crippen molar-refractivity contribution in [3.8, 4) is 0 Å². The number of hydrogen-bond acceptors (Lipinski definition) is 3. The van der Waals surface area contributed by atoms with Crippen molar-refractivity contribution in [3.63, 3.8) is 0 Å². The van der Waals surface area contributed by atoms with Crippen molar-refractivity contribution in [2.75, 3.05) is 19.1 Å². The first-order valence-electron chi connectivity index (χ1n) is 6.82. The molecule has 0 heterocycles. The Hall–Kier alpha value is -0.870. The van der Waals surface area contributed by atoms with Gasteiger partial charge < -0.3 is 5.32 Å². The van der Waals surface area contributed by atoms with Gasteiger partial charge in [0.25, 0.3) is 0 Å². The monoisotopic (exact) mass is 283 g/mol. The largest absolute Gasteiger partial charge is 0.317 e. The second-order valence-electron chi connectivity index (χ2n) is 5.22. The van der Waals surface area contributed by atoms with Crippen molar-refractivity contribution < 1.29 is 8.42 Å². The highest BCUT2D eigenvalue weighted by atomic mass is 32.2. The van der Waals surface area contributed by atoms with Gasteiger partial charge in [0.2, 0.25) is 0 Å². The molecule has 0 amide bonds. The van der Waals surface area contributed by atoms with Crippen LogP contribution in [-0.2, 0) is 16.3 Å². The van der Waals surface area contributed by atoms with E-state index in [1.807, 2.05) is 7.05 Å². The van der Waals surface area contributed by atoms with E-state index in [-0.39, 0.29) is 5.75 Å². The lowest BCUT2D eigenvalue weighted by molar-refractivity contribution is 0.482. The Balaban J connectivity index is 2.39. The summed E-state index contributed by atoms with van der Waals surface area (Å²) in [4.78, 5) is 0. The average Bonchev–Trinajstić information content (AvgIpc) is 2.34. The quantitative estimate of drug-likeness (QED) is 0.796. The van der Waals surface area contributed by atoms with Gasteiger partial charge in [-0.15, -0.1) is 0 Å². The minimum atomic E-state index is -2.83. The first-order valence-corrected chi connectivity index (χ1v) is 8.88. The minimum absolute atomic E-state index is 0.287. The van der Waals surface area contributed by atoms with E-state index in [1.165, 1.54) is 17.4 Å². The second-order valence-corrected chi connectivity index (χ2v) is 7.48. The van der Waals surface area contributed by atoms with Crippen LogP contribution in [0.2, 0.25) is 0 Å². The molecule has 19 heavy (non-hydrogen) atoms. The molecule has 3 nitrogen and oxygen atoms in total. The molecule has 0 fully saturated rings. The lowest BCUT2D eigenvalue weighted by Gasteiger charge is -2.16. The van der Waals surface area contributed by atoms with Crippen LogP contribution in [0.3, 0.4) is 0 Å². The zero-order valence-electron chi connectivity index (χ0n) is 12.1. The van der Waals surface area contributed by atoms with E-state index >= 15 is 0 Å². The highest BCUT2D eigenvalue weighted by Gasteiger charge is 2.09. The van der Waals surface area contributed by atoms with E-state index in [9.17, 15) is 8.42 Å². The summed E-state index contributed by atoms with van der Waals surface area (Å²) in [6.45, 7) is 2.13. The van der Waals surface area contributed by atoms with Crippen LogP contribution in [0.25, 0.3) is 0 Å². The van der Waals surface area contributed by atoms with Crippen LogP contribution in [0.1, 0.15) is 30.4 Å². The summed E-state index contributed by atoms with van der Waals surface area (Å²) >= 11 is 0. The number of aryl methyl sites for hydroxylation is 2. The van der Waals surface area contributed by atoms with Crippen molar-refractivity contribution in [1.82, 2.24) is 5.32 Å². The first-order chi connectivity index (χ1) is 8.92. The summed E-state index contributed by atoms with van der Waals surface area (Å²) in [6.07, 6.45) is 5.03. The fourth-order valence-corrected chi connectivity index (χ4v) is 2.94. The summed E-state index contributed by atoms with van der Waals surface area (Å²) in [7, 11) is -0.882. The van der Waals surface area contributed by atoms with Gasteiger partial charge in [0.05, 0.1) is 0 Å². The van der Waals surface area contributed by atoms with E-state index in [0.717, 1.165) is 25.7 Å². The molecule has 0 bridgehead atoms. The van der Waals surface area contributed by atoms with Crippen molar-refractivity contribution in [2.45, 2.75) is 38.6 Å². The fourth-order valence-electron chi connectivity index (χ4n) is 2.25. The van der Waals surface area contributed by atoms with E-state index in [4.69, 9.17) is 0 Å². The Morgan fingerprint density at radius 2 is 1.89 bits per heavy atom. The van der Waals surface area contributed by atoms with E-state index in [2.05, 4.69) is 36.5 Å². The standard InChI is InChI=1S/C15H25NO2S/c1-13-7-4-5-8-14(13)10-11-15(16-2)9-6-12-19(3,17)18/h4-5,7-8,15-16H,6,9-12H2,1-3H3.